The van der Waals surface area contributed by atoms with E-state index >= 15 is 0 Å². The predicted octanol–water partition coefficient (Wildman–Crippen LogP) is 4.19. The summed E-state index contributed by atoms with van der Waals surface area (Å²) in [5.74, 6) is 0. The third-order valence-electron chi connectivity index (χ3n) is 4.85. The topological polar surface area (TPSA) is 77.2 Å². The summed E-state index contributed by atoms with van der Waals surface area (Å²) in [6.45, 7) is 0.923. The normalized spacial score (nSPS) is 12.0. The third kappa shape index (κ3) is 4.52. The highest BCUT2D eigenvalue weighted by atomic mass is 32.2. The number of aromatic nitrogens is 1. The summed E-state index contributed by atoms with van der Waals surface area (Å²) in [6.07, 6.45) is 2.87. The van der Waals surface area contributed by atoms with Crippen molar-refractivity contribution in [1.29, 1.82) is 0 Å². The van der Waals surface area contributed by atoms with Gasteiger partial charge in [-0.25, -0.2) is 0 Å². The van der Waals surface area contributed by atoms with Gasteiger partial charge in [0.15, 0.2) is 0 Å². The van der Waals surface area contributed by atoms with Crippen LogP contribution >= 0.6 is 0 Å². The number of nitrogens with zero attached hydrogens (tertiary/aromatic N) is 1. The van der Waals surface area contributed by atoms with Gasteiger partial charge in [-0.2, -0.15) is 8.42 Å². The zero-order valence-corrected chi connectivity index (χ0v) is 17.3. The van der Waals surface area contributed by atoms with E-state index < -0.39 is 10.2 Å². The van der Waals surface area contributed by atoms with Crippen LogP contribution in [-0.2, 0) is 16.6 Å². The van der Waals surface area contributed by atoms with Crippen molar-refractivity contribution in [2.75, 3.05) is 30.1 Å². The molecule has 0 aliphatic carbocycles. The summed E-state index contributed by atoms with van der Waals surface area (Å²) in [6, 6.07) is 18.8. The number of hydrogen-bond donors (Lipinski definition) is 3. The molecule has 0 atom stereocenters. The number of rotatable bonds is 7. The fourth-order valence-corrected chi connectivity index (χ4v) is 4.31. The van der Waals surface area contributed by atoms with E-state index in [9.17, 15) is 8.42 Å². The monoisotopic (exact) mass is 408 g/mol. The third-order valence-corrected chi connectivity index (χ3v) is 5.86. The van der Waals surface area contributed by atoms with Crippen LogP contribution in [0.4, 0.5) is 11.4 Å². The van der Waals surface area contributed by atoms with Crippen LogP contribution in [0, 0.1) is 0 Å². The molecule has 0 unspecified atom stereocenters. The van der Waals surface area contributed by atoms with Crippen LogP contribution in [0.3, 0.4) is 0 Å². The van der Waals surface area contributed by atoms with Gasteiger partial charge in [0.1, 0.15) is 0 Å². The molecule has 3 aromatic carbocycles. The summed E-state index contributed by atoms with van der Waals surface area (Å²) in [5.41, 5.74) is 3.20. The summed E-state index contributed by atoms with van der Waals surface area (Å²) in [7, 11) is 0.304. The number of anilines is 2. The van der Waals surface area contributed by atoms with E-state index in [-0.39, 0.29) is 0 Å². The van der Waals surface area contributed by atoms with E-state index in [0.29, 0.717) is 11.4 Å². The van der Waals surface area contributed by atoms with Gasteiger partial charge in [-0.05, 0) is 67.2 Å². The Morgan fingerprint density at radius 3 is 2.34 bits per heavy atom. The molecule has 0 spiro atoms. The molecule has 7 heteroatoms. The molecule has 6 nitrogen and oxygen atoms in total. The Balaban J connectivity index is 1.54. The Labute approximate surface area is 170 Å². The van der Waals surface area contributed by atoms with Gasteiger partial charge in [0, 0.05) is 23.6 Å². The lowest BCUT2D eigenvalue weighted by atomic mass is 10.1. The number of aromatic amines is 1. The van der Waals surface area contributed by atoms with Crippen molar-refractivity contribution >= 4 is 43.3 Å². The van der Waals surface area contributed by atoms with E-state index in [1.165, 1.54) is 0 Å². The first-order valence-electron chi connectivity index (χ1n) is 9.44. The molecule has 29 heavy (non-hydrogen) atoms. The van der Waals surface area contributed by atoms with Gasteiger partial charge in [-0.1, -0.05) is 30.3 Å². The van der Waals surface area contributed by atoms with Crippen molar-refractivity contribution in [1.82, 2.24) is 9.88 Å². The Hall–Kier alpha value is -3.03. The van der Waals surface area contributed by atoms with Crippen LogP contribution in [-0.4, -0.2) is 38.9 Å². The molecule has 1 heterocycles. The molecule has 4 rings (SSSR count). The Morgan fingerprint density at radius 1 is 0.897 bits per heavy atom. The second kappa shape index (κ2) is 7.77. The number of hydrogen-bond acceptors (Lipinski definition) is 3. The van der Waals surface area contributed by atoms with Gasteiger partial charge >= 0.3 is 10.2 Å². The molecule has 150 valence electrons. The minimum atomic E-state index is -3.77. The summed E-state index contributed by atoms with van der Waals surface area (Å²) in [4.78, 5) is 5.37. The number of likely N-dealkylation sites (N-methyl/N-ethyl adjacent to an activating group) is 1. The molecular weight excluding hydrogens is 384 g/mol. The number of benzene rings is 3. The fourth-order valence-electron chi connectivity index (χ4n) is 3.38. The maximum absolute atomic E-state index is 12.6. The first-order valence-corrected chi connectivity index (χ1v) is 10.9. The molecule has 0 bridgehead atoms. The van der Waals surface area contributed by atoms with Crippen LogP contribution in [0.5, 0.6) is 0 Å². The number of fused-ring (bicyclic) bond motifs is 2. The lowest BCUT2D eigenvalue weighted by molar-refractivity contribution is 0.414. The molecular formula is C22H24N4O2S. The quantitative estimate of drug-likeness (QED) is 0.429. The zero-order valence-electron chi connectivity index (χ0n) is 16.4. The van der Waals surface area contributed by atoms with Crippen LogP contribution in [0.15, 0.2) is 66.9 Å². The van der Waals surface area contributed by atoms with Crippen molar-refractivity contribution in [2.45, 2.75) is 6.42 Å². The average molecular weight is 409 g/mol. The number of nitrogens with one attached hydrogen (secondary N) is 3. The Kier molecular flexibility index (Phi) is 5.17. The smallest absolute Gasteiger partial charge is 0.321 e. The van der Waals surface area contributed by atoms with Crippen molar-refractivity contribution in [3.63, 3.8) is 0 Å². The molecule has 0 saturated carbocycles. The van der Waals surface area contributed by atoms with E-state index in [2.05, 4.69) is 19.3 Å². The second-order valence-electron chi connectivity index (χ2n) is 7.40. The summed E-state index contributed by atoms with van der Waals surface area (Å²) >= 11 is 0. The van der Waals surface area contributed by atoms with Crippen molar-refractivity contribution < 1.29 is 8.42 Å². The molecule has 0 fully saturated rings. The van der Waals surface area contributed by atoms with Crippen LogP contribution in [0.1, 0.15) is 5.56 Å². The second-order valence-corrected chi connectivity index (χ2v) is 8.81. The van der Waals surface area contributed by atoms with Gasteiger partial charge in [-0.3, -0.25) is 9.44 Å². The van der Waals surface area contributed by atoms with E-state index in [1.807, 2.05) is 68.8 Å². The lowest BCUT2D eigenvalue weighted by Gasteiger charge is -2.12. The van der Waals surface area contributed by atoms with Gasteiger partial charge in [0.25, 0.3) is 0 Å². The van der Waals surface area contributed by atoms with Crippen LogP contribution in [0.25, 0.3) is 21.7 Å². The molecule has 0 radical (unpaired) electrons. The average Bonchev–Trinajstić information content (AvgIpc) is 3.08. The van der Waals surface area contributed by atoms with Crippen molar-refractivity contribution in [3.8, 4) is 0 Å². The maximum atomic E-state index is 12.6. The molecule has 0 aliphatic heterocycles. The van der Waals surface area contributed by atoms with Crippen LogP contribution in [0.2, 0.25) is 0 Å². The molecule has 4 aromatic rings. The SMILES string of the molecule is CN(C)CCc1c[nH]c2ccc(NS(=O)(=O)Nc3ccc4ccccc4c3)cc12. The summed E-state index contributed by atoms with van der Waals surface area (Å²) < 4.78 is 30.5. The van der Waals surface area contributed by atoms with Crippen molar-refractivity contribution in [3.05, 3.63) is 72.4 Å². The first kappa shape index (κ1) is 19.3. The van der Waals surface area contributed by atoms with Crippen LogP contribution < -0.4 is 9.44 Å². The molecule has 0 saturated heterocycles. The van der Waals surface area contributed by atoms with E-state index in [4.69, 9.17) is 0 Å². The molecule has 1 aromatic heterocycles. The molecule has 3 N–H and O–H groups in total. The maximum Gasteiger partial charge on any atom is 0.321 e. The van der Waals surface area contributed by atoms with E-state index in [0.717, 1.165) is 40.2 Å². The summed E-state index contributed by atoms with van der Waals surface area (Å²) in [5, 5.41) is 3.07. The Morgan fingerprint density at radius 2 is 1.59 bits per heavy atom. The highest BCUT2D eigenvalue weighted by Gasteiger charge is 2.12. The highest BCUT2D eigenvalue weighted by Crippen LogP contribution is 2.24. The first-order chi connectivity index (χ1) is 13.9. The van der Waals surface area contributed by atoms with Crippen molar-refractivity contribution in [2.24, 2.45) is 0 Å². The zero-order chi connectivity index (χ0) is 20.4. The lowest BCUT2D eigenvalue weighted by Crippen LogP contribution is -2.21. The fraction of sp³-hybridized carbons (Fsp3) is 0.182. The minimum Gasteiger partial charge on any atom is -0.361 e. The Bertz CT molecular complexity index is 1260. The van der Waals surface area contributed by atoms with E-state index in [1.54, 1.807) is 12.1 Å². The minimum absolute atomic E-state index is 0.519. The number of H-pyrrole nitrogens is 1. The standard InChI is InChI=1S/C22H24N4O2S/c1-26(2)12-11-18-15-23-22-10-9-20(14-21(18)22)25-29(27,28)24-19-8-7-16-5-3-4-6-17(16)13-19/h3-10,13-15,23-25H,11-12H2,1-2H3. The highest BCUT2D eigenvalue weighted by molar-refractivity contribution is 7.94. The van der Waals surface area contributed by atoms with Gasteiger partial charge in [0.05, 0.1) is 11.4 Å². The van der Waals surface area contributed by atoms with Gasteiger partial charge < -0.3 is 9.88 Å². The van der Waals surface area contributed by atoms with Gasteiger partial charge in [0.2, 0.25) is 0 Å². The molecule has 0 aliphatic rings. The van der Waals surface area contributed by atoms with Gasteiger partial charge in [-0.15, -0.1) is 0 Å². The predicted molar refractivity (Wildman–Crippen MR) is 121 cm³/mol. The molecule has 0 amide bonds. The largest absolute Gasteiger partial charge is 0.361 e.